The van der Waals surface area contributed by atoms with Gasteiger partial charge in [0.05, 0.1) is 13.0 Å². The number of hydrogen-bond acceptors (Lipinski definition) is 3. The number of allylic oxidation sites excluding steroid dienone is 1. The molecule has 0 saturated carbocycles. The molecule has 0 unspecified atom stereocenters. The summed E-state index contributed by atoms with van der Waals surface area (Å²) in [6.45, 7) is 2.72. The van der Waals surface area contributed by atoms with Gasteiger partial charge in [-0.05, 0) is 36.8 Å². The van der Waals surface area contributed by atoms with Gasteiger partial charge in [-0.3, -0.25) is 9.48 Å². The number of methoxy groups -OCH3 is 1. The van der Waals surface area contributed by atoms with E-state index < -0.39 is 0 Å². The van der Waals surface area contributed by atoms with Gasteiger partial charge in [0.1, 0.15) is 11.4 Å². The number of halogens is 1. The van der Waals surface area contributed by atoms with Crippen LogP contribution in [0.5, 0.6) is 5.75 Å². The minimum absolute atomic E-state index is 0.120. The first-order chi connectivity index (χ1) is 10.2. The van der Waals surface area contributed by atoms with Gasteiger partial charge in [-0.1, -0.05) is 12.1 Å². The molecule has 2 aromatic rings. The van der Waals surface area contributed by atoms with Crippen molar-refractivity contribution < 1.29 is 9.53 Å². The van der Waals surface area contributed by atoms with Crippen molar-refractivity contribution in [2.24, 2.45) is 0 Å². The van der Waals surface area contributed by atoms with Gasteiger partial charge < -0.3 is 4.74 Å². The van der Waals surface area contributed by atoms with Crippen molar-refractivity contribution in [3.05, 3.63) is 53.4 Å². The topological polar surface area (TPSA) is 44.1 Å². The number of benzene rings is 1. The molecule has 1 heterocycles. The fraction of sp³-hybridized carbons (Fsp3) is 0.250. The van der Waals surface area contributed by atoms with E-state index in [1.54, 1.807) is 30.1 Å². The minimum atomic E-state index is -0.120. The number of carbonyl (C=O) groups is 1. The normalized spacial score (nSPS) is 11.0. The van der Waals surface area contributed by atoms with Crippen molar-refractivity contribution in [3.63, 3.8) is 0 Å². The Morgan fingerprint density at radius 1 is 1.43 bits per heavy atom. The number of ether oxygens (including phenoxy) is 1. The van der Waals surface area contributed by atoms with Crippen LogP contribution in [0.1, 0.15) is 28.5 Å². The number of nitrogens with zero attached hydrogens (tertiary/aromatic N) is 2. The van der Waals surface area contributed by atoms with Crippen molar-refractivity contribution in [1.29, 1.82) is 0 Å². The van der Waals surface area contributed by atoms with Crippen LogP contribution < -0.4 is 4.74 Å². The number of alkyl halides is 1. The number of hydrogen-bond donors (Lipinski definition) is 0. The number of ketones is 1. The molecule has 0 aliphatic rings. The molecule has 2 rings (SSSR count). The van der Waals surface area contributed by atoms with Crippen LogP contribution in [-0.4, -0.2) is 22.7 Å². The standard InChI is InChI=1S/C16H17ClN2O2/c1-3-19-9-8-14(18-19)15(20)6-4-12-5-7-16(21-2)13(10-12)11-17/h4-10H,3,11H2,1-2H3/b6-4+. The van der Waals surface area contributed by atoms with Crippen LogP contribution in [0.3, 0.4) is 0 Å². The summed E-state index contributed by atoms with van der Waals surface area (Å²) in [5, 5.41) is 4.18. The molecule has 0 amide bonds. The fourth-order valence-electron chi connectivity index (χ4n) is 1.93. The molecule has 110 valence electrons. The van der Waals surface area contributed by atoms with E-state index in [0.29, 0.717) is 11.6 Å². The zero-order chi connectivity index (χ0) is 15.2. The molecule has 0 aliphatic carbocycles. The summed E-state index contributed by atoms with van der Waals surface area (Å²) in [6.07, 6.45) is 5.06. The van der Waals surface area contributed by atoms with E-state index >= 15 is 0 Å². The lowest BCUT2D eigenvalue weighted by molar-refractivity contribution is 0.104. The second-order valence-corrected chi connectivity index (χ2v) is 4.73. The lowest BCUT2D eigenvalue weighted by atomic mass is 10.1. The summed E-state index contributed by atoms with van der Waals surface area (Å²) in [6, 6.07) is 7.34. The average Bonchev–Trinajstić information content (AvgIpc) is 3.01. The summed E-state index contributed by atoms with van der Waals surface area (Å²) < 4.78 is 6.94. The van der Waals surface area contributed by atoms with E-state index in [-0.39, 0.29) is 5.78 Å². The van der Waals surface area contributed by atoms with Crippen molar-refractivity contribution in [3.8, 4) is 5.75 Å². The highest BCUT2D eigenvalue weighted by molar-refractivity contribution is 6.17. The summed E-state index contributed by atoms with van der Waals surface area (Å²) in [7, 11) is 1.61. The van der Waals surface area contributed by atoms with Crippen molar-refractivity contribution in [2.45, 2.75) is 19.3 Å². The molecule has 0 saturated heterocycles. The molecule has 0 aliphatic heterocycles. The molecule has 0 atom stereocenters. The number of aryl methyl sites for hydroxylation is 1. The smallest absolute Gasteiger partial charge is 0.206 e. The first-order valence-electron chi connectivity index (χ1n) is 6.66. The van der Waals surface area contributed by atoms with Crippen molar-refractivity contribution in [2.75, 3.05) is 7.11 Å². The minimum Gasteiger partial charge on any atom is -0.496 e. The maximum absolute atomic E-state index is 12.0. The number of rotatable bonds is 6. The Morgan fingerprint density at radius 3 is 2.86 bits per heavy atom. The Bertz CT molecular complexity index is 662. The van der Waals surface area contributed by atoms with Crippen molar-refractivity contribution in [1.82, 2.24) is 9.78 Å². The number of aromatic nitrogens is 2. The van der Waals surface area contributed by atoms with Crippen LogP contribution >= 0.6 is 11.6 Å². The predicted molar refractivity (Wildman–Crippen MR) is 83.8 cm³/mol. The average molecular weight is 305 g/mol. The van der Waals surface area contributed by atoms with E-state index in [0.717, 1.165) is 23.4 Å². The molecule has 0 radical (unpaired) electrons. The molecular weight excluding hydrogens is 288 g/mol. The highest BCUT2D eigenvalue weighted by Gasteiger charge is 2.06. The van der Waals surface area contributed by atoms with Gasteiger partial charge in [0.25, 0.3) is 0 Å². The summed E-state index contributed by atoms with van der Waals surface area (Å²) in [5.41, 5.74) is 2.23. The van der Waals surface area contributed by atoms with Gasteiger partial charge in [0.2, 0.25) is 5.78 Å². The third-order valence-corrected chi connectivity index (χ3v) is 3.38. The molecule has 1 aromatic carbocycles. The monoisotopic (exact) mass is 304 g/mol. The summed E-state index contributed by atoms with van der Waals surface area (Å²) in [4.78, 5) is 12.0. The third kappa shape index (κ3) is 3.73. The SMILES string of the molecule is CCn1ccc(C(=O)/C=C/c2ccc(OC)c(CCl)c2)n1. The van der Waals surface area contributed by atoms with Gasteiger partial charge in [0, 0.05) is 18.3 Å². The zero-order valence-electron chi connectivity index (χ0n) is 12.0. The Kier molecular flexibility index (Phi) is 5.17. The molecule has 0 N–H and O–H groups in total. The van der Waals surface area contributed by atoms with Crippen molar-refractivity contribution >= 4 is 23.5 Å². The zero-order valence-corrected chi connectivity index (χ0v) is 12.8. The molecule has 5 heteroatoms. The van der Waals surface area contributed by atoms with Crippen LogP contribution in [0.2, 0.25) is 0 Å². The summed E-state index contributed by atoms with van der Waals surface area (Å²) in [5.74, 6) is 0.986. The Labute approximate surface area is 129 Å². The van der Waals surface area contributed by atoms with Crippen LogP contribution in [0.25, 0.3) is 6.08 Å². The van der Waals surface area contributed by atoms with Gasteiger partial charge in [0.15, 0.2) is 0 Å². The van der Waals surface area contributed by atoms with Gasteiger partial charge in [-0.15, -0.1) is 11.6 Å². The van der Waals surface area contributed by atoms with Crippen LogP contribution in [0.15, 0.2) is 36.5 Å². The molecular formula is C16H17ClN2O2. The predicted octanol–water partition coefficient (Wildman–Crippen LogP) is 3.55. The highest BCUT2D eigenvalue weighted by Crippen LogP contribution is 2.22. The lowest BCUT2D eigenvalue weighted by Gasteiger charge is -2.06. The van der Waals surface area contributed by atoms with Gasteiger partial charge in [-0.2, -0.15) is 5.10 Å². The Balaban J connectivity index is 2.15. The third-order valence-electron chi connectivity index (χ3n) is 3.09. The fourth-order valence-corrected chi connectivity index (χ4v) is 2.14. The molecule has 4 nitrogen and oxygen atoms in total. The first-order valence-corrected chi connectivity index (χ1v) is 7.20. The van der Waals surface area contributed by atoms with E-state index in [1.165, 1.54) is 6.08 Å². The Hall–Kier alpha value is -2.07. The maximum atomic E-state index is 12.0. The lowest BCUT2D eigenvalue weighted by Crippen LogP contribution is -2.00. The number of carbonyl (C=O) groups excluding carboxylic acids is 1. The van der Waals surface area contributed by atoms with E-state index in [1.807, 2.05) is 25.1 Å². The largest absolute Gasteiger partial charge is 0.496 e. The quantitative estimate of drug-likeness (QED) is 0.466. The van der Waals surface area contributed by atoms with Gasteiger partial charge >= 0.3 is 0 Å². The van der Waals surface area contributed by atoms with Gasteiger partial charge in [-0.25, -0.2) is 0 Å². The maximum Gasteiger partial charge on any atom is 0.206 e. The molecule has 0 spiro atoms. The highest BCUT2D eigenvalue weighted by atomic mass is 35.5. The van der Waals surface area contributed by atoms with E-state index in [2.05, 4.69) is 5.10 Å². The first kappa shape index (κ1) is 15.3. The molecule has 0 bridgehead atoms. The molecule has 21 heavy (non-hydrogen) atoms. The van der Waals surface area contributed by atoms with E-state index in [9.17, 15) is 4.79 Å². The van der Waals surface area contributed by atoms with Crippen LogP contribution in [0, 0.1) is 0 Å². The molecule has 1 aromatic heterocycles. The van der Waals surface area contributed by atoms with Crippen LogP contribution in [-0.2, 0) is 12.4 Å². The molecule has 0 fully saturated rings. The second kappa shape index (κ2) is 7.09. The summed E-state index contributed by atoms with van der Waals surface area (Å²) >= 11 is 5.88. The van der Waals surface area contributed by atoms with E-state index in [4.69, 9.17) is 16.3 Å². The Morgan fingerprint density at radius 2 is 2.24 bits per heavy atom. The second-order valence-electron chi connectivity index (χ2n) is 4.46. The van der Waals surface area contributed by atoms with Crippen LogP contribution in [0.4, 0.5) is 0 Å².